The third kappa shape index (κ3) is 2.84. The summed E-state index contributed by atoms with van der Waals surface area (Å²) in [6.07, 6.45) is 5.69. The topological polar surface area (TPSA) is 66.5 Å². The van der Waals surface area contributed by atoms with Crippen LogP contribution in [0, 0.1) is 0 Å². The lowest BCUT2D eigenvalue weighted by atomic mass is 10.3. The number of imidazole rings is 1. The van der Waals surface area contributed by atoms with Crippen LogP contribution in [-0.4, -0.2) is 26.5 Å². The summed E-state index contributed by atoms with van der Waals surface area (Å²) in [4.78, 5) is 14.7. The van der Waals surface area contributed by atoms with E-state index in [2.05, 4.69) is 25.3 Å². The average molecular weight is 258 g/mol. The normalized spacial score (nSPS) is 10.4. The zero-order valence-electron chi connectivity index (χ0n) is 8.24. The van der Waals surface area contributed by atoms with Gasteiger partial charge in [0.25, 0.3) is 0 Å². The zero-order chi connectivity index (χ0) is 11.4. The number of anilines is 1. The molecule has 2 aromatic rings. The average Bonchev–Trinajstić information content (AvgIpc) is 2.76. The number of hydrogen-bond acceptors (Lipinski definition) is 4. The Morgan fingerprint density at radius 1 is 1.31 bits per heavy atom. The van der Waals surface area contributed by atoms with Gasteiger partial charge in [0, 0.05) is 24.9 Å². The third-order valence-electron chi connectivity index (χ3n) is 1.96. The first kappa shape index (κ1) is 11.2. The van der Waals surface area contributed by atoms with Crippen molar-refractivity contribution in [1.29, 1.82) is 0 Å². The second-order valence-corrected chi connectivity index (χ2v) is 3.83. The van der Waals surface area contributed by atoms with Crippen LogP contribution in [0.1, 0.15) is 5.69 Å². The van der Waals surface area contributed by atoms with Gasteiger partial charge in [0.15, 0.2) is 0 Å². The molecule has 5 nitrogen and oxygen atoms in total. The molecule has 0 aromatic carbocycles. The van der Waals surface area contributed by atoms with Crippen LogP contribution in [0.2, 0.25) is 10.3 Å². The maximum absolute atomic E-state index is 5.89. The Labute approximate surface area is 102 Å². The monoisotopic (exact) mass is 257 g/mol. The van der Waals surface area contributed by atoms with Gasteiger partial charge in [-0.2, -0.15) is 4.98 Å². The van der Waals surface area contributed by atoms with Crippen molar-refractivity contribution in [2.45, 2.75) is 6.42 Å². The second-order valence-electron chi connectivity index (χ2n) is 3.09. The minimum Gasteiger partial charge on any atom is -0.368 e. The predicted molar refractivity (Wildman–Crippen MR) is 62.8 cm³/mol. The molecule has 0 aliphatic rings. The second kappa shape index (κ2) is 5.14. The van der Waals surface area contributed by atoms with E-state index in [1.54, 1.807) is 12.5 Å². The molecule has 0 unspecified atom stereocenters. The number of nitrogens with zero attached hydrogens (tertiary/aromatic N) is 3. The summed E-state index contributed by atoms with van der Waals surface area (Å²) in [6, 6.07) is 0. The van der Waals surface area contributed by atoms with E-state index in [1.165, 1.54) is 6.20 Å². The van der Waals surface area contributed by atoms with Gasteiger partial charge >= 0.3 is 0 Å². The van der Waals surface area contributed by atoms with Gasteiger partial charge in [0.1, 0.15) is 10.8 Å². The number of hydrogen-bond donors (Lipinski definition) is 2. The minimum absolute atomic E-state index is 0.174. The van der Waals surface area contributed by atoms with Crippen molar-refractivity contribution >= 4 is 29.0 Å². The number of halogens is 2. The van der Waals surface area contributed by atoms with Gasteiger partial charge in [-0.05, 0) is 11.6 Å². The Bertz CT molecular complexity index is 457. The first-order valence-electron chi connectivity index (χ1n) is 4.65. The Hall–Kier alpha value is -1.33. The molecule has 0 aliphatic heterocycles. The highest BCUT2D eigenvalue weighted by molar-refractivity contribution is 6.33. The molecule has 0 amide bonds. The molecule has 2 aromatic heterocycles. The number of aromatic amines is 1. The van der Waals surface area contributed by atoms with Crippen LogP contribution in [0.3, 0.4) is 0 Å². The summed E-state index contributed by atoms with van der Waals surface area (Å²) in [5.41, 5.74) is 1.05. The van der Waals surface area contributed by atoms with Gasteiger partial charge in [0.05, 0.1) is 12.5 Å². The standard InChI is InChI=1S/C9H9Cl2N5/c10-7-4-14-9(11)16-8(7)13-2-1-6-3-12-5-15-6/h3-5H,1-2H2,(H,12,15)(H,13,14,16). The van der Waals surface area contributed by atoms with E-state index in [1.807, 2.05) is 0 Å². The van der Waals surface area contributed by atoms with Gasteiger partial charge in [-0.15, -0.1) is 0 Å². The van der Waals surface area contributed by atoms with E-state index >= 15 is 0 Å². The zero-order valence-corrected chi connectivity index (χ0v) is 9.76. The molecule has 0 aliphatic carbocycles. The minimum atomic E-state index is 0.174. The Morgan fingerprint density at radius 2 is 2.19 bits per heavy atom. The largest absolute Gasteiger partial charge is 0.368 e. The van der Waals surface area contributed by atoms with Crippen molar-refractivity contribution in [1.82, 2.24) is 19.9 Å². The van der Waals surface area contributed by atoms with E-state index in [-0.39, 0.29) is 5.28 Å². The number of rotatable bonds is 4. The first-order chi connectivity index (χ1) is 7.75. The third-order valence-corrected chi connectivity index (χ3v) is 2.42. The molecule has 2 rings (SSSR count). The molecule has 0 radical (unpaired) electrons. The SMILES string of the molecule is Clc1ncc(Cl)c(NCCc2cnc[nH]2)n1. The maximum atomic E-state index is 5.89. The Balaban J connectivity index is 1.92. The fourth-order valence-electron chi connectivity index (χ4n) is 1.21. The fraction of sp³-hybridized carbons (Fsp3) is 0.222. The van der Waals surface area contributed by atoms with Crippen LogP contribution >= 0.6 is 23.2 Å². The maximum Gasteiger partial charge on any atom is 0.224 e. The lowest BCUT2D eigenvalue weighted by Crippen LogP contribution is -2.07. The quantitative estimate of drug-likeness (QED) is 0.824. The summed E-state index contributed by atoms with van der Waals surface area (Å²) in [7, 11) is 0. The van der Waals surface area contributed by atoms with E-state index < -0.39 is 0 Å². The molecule has 0 fully saturated rings. The van der Waals surface area contributed by atoms with Crippen molar-refractivity contribution < 1.29 is 0 Å². The lowest BCUT2D eigenvalue weighted by Gasteiger charge is -2.05. The lowest BCUT2D eigenvalue weighted by molar-refractivity contribution is 0.964. The van der Waals surface area contributed by atoms with Crippen molar-refractivity contribution in [2.75, 3.05) is 11.9 Å². The Morgan fingerprint density at radius 3 is 2.94 bits per heavy atom. The Kier molecular flexibility index (Phi) is 3.58. The van der Waals surface area contributed by atoms with Gasteiger partial charge < -0.3 is 10.3 Å². The molecule has 0 saturated heterocycles. The highest BCUT2D eigenvalue weighted by Gasteiger charge is 2.03. The summed E-state index contributed by atoms with van der Waals surface area (Å²) in [5.74, 6) is 0.543. The summed E-state index contributed by atoms with van der Waals surface area (Å²) < 4.78 is 0. The smallest absolute Gasteiger partial charge is 0.224 e. The summed E-state index contributed by atoms with van der Waals surface area (Å²) >= 11 is 11.5. The van der Waals surface area contributed by atoms with Gasteiger partial charge in [-0.3, -0.25) is 0 Å². The van der Waals surface area contributed by atoms with Gasteiger partial charge in [-0.25, -0.2) is 9.97 Å². The highest BCUT2D eigenvalue weighted by atomic mass is 35.5. The van der Waals surface area contributed by atoms with E-state index in [0.29, 0.717) is 17.4 Å². The molecule has 0 spiro atoms. The van der Waals surface area contributed by atoms with Crippen molar-refractivity contribution in [2.24, 2.45) is 0 Å². The molecule has 0 saturated carbocycles. The van der Waals surface area contributed by atoms with Crippen LogP contribution in [0.5, 0.6) is 0 Å². The van der Waals surface area contributed by atoms with Crippen LogP contribution in [0.25, 0.3) is 0 Å². The highest BCUT2D eigenvalue weighted by Crippen LogP contribution is 2.18. The summed E-state index contributed by atoms with van der Waals surface area (Å²) in [5, 5.41) is 3.70. The number of nitrogens with one attached hydrogen (secondary N) is 2. The molecule has 2 heterocycles. The van der Waals surface area contributed by atoms with Crippen molar-refractivity contribution in [3.8, 4) is 0 Å². The van der Waals surface area contributed by atoms with E-state index in [9.17, 15) is 0 Å². The van der Waals surface area contributed by atoms with Crippen LogP contribution < -0.4 is 5.32 Å². The molecule has 84 valence electrons. The molecular formula is C9H9Cl2N5. The molecule has 0 atom stereocenters. The van der Waals surface area contributed by atoms with Crippen LogP contribution in [0.4, 0.5) is 5.82 Å². The number of H-pyrrole nitrogens is 1. The van der Waals surface area contributed by atoms with E-state index in [0.717, 1.165) is 12.1 Å². The predicted octanol–water partition coefficient (Wildman–Crippen LogP) is 2.16. The molecular weight excluding hydrogens is 249 g/mol. The number of aromatic nitrogens is 4. The molecule has 2 N–H and O–H groups in total. The van der Waals surface area contributed by atoms with Gasteiger partial charge in [0.2, 0.25) is 5.28 Å². The van der Waals surface area contributed by atoms with Gasteiger partial charge in [-0.1, -0.05) is 11.6 Å². The van der Waals surface area contributed by atoms with Crippen molar-refractivity contribution in [3.05, 3.63) is 34.7 Å². The van der Waals surface area contributed by atoms with Crippen molar-refractivity contribution in [3.63, 3.8) is 0 Å². The molecule has 16 heavy (non-hydrogen) atoms. The molecule has 7 heteroatoms. The molecule has 0 bridgehead atoms. The fourth-order valence-corrected chi connectivity index (χ4v) is 1.50. The van der Waals surface area contributed by atoms with Crippen LogP contribution in [-0.2, 0) is 6.42 Å². The summed E-state index contributed by atoms with van der Waals surface area (Å²) in [6.45, 7) is 0.690. The van der Waals surface area contributed by atoms with E-state index in [4.69, 9.17) is 23.2 Å². The first-order valence-corrected chi connectivity index (χ1v) is 5.40. The van der Waals surface area contributed by atoms with Crippen LogP contribution in [0.15, 0.2) is 18.7 Å².